The molecule has 0 saturated heterocycles. The molecule has 0 bridgehead atoms. The molecule has 0 aromatic rings. The van der Waals surface area contributed by atoms with Gasteiger partial charge in [-0.05, 0) is 0 Å². The first-order valence-electron chi connectivity index (χ1n) is 11.2. The number of hydrogen-bond acceptors (Lipinski definition) is 2. The van der Waals surface area contributed by atoms with Crippen molar-refractivity contribution in [3.05, 3.63) is 0 Å². The van der Waals surface area contributed by atoms with E-state index in [2.05, 4.69) is 20.8 Å². The molecular weight excluding hydrogens is 415 g/mol. The molecule has 2 nitrogen and oxygen atoms in total. The van der Waals surface area contributed by atoms with Gasteiger partial charge in [-0.25, -0.2) is 0 Å². The summed E-state index contributed by atoms with van der Waals surface area (Å²) in [5, 5.41) is 0. The molecule has 149 valence electrons. The standard InChI is InChI=1S/C14H27O2.2C4H9.Sn/c1-3-5-6-7-8-9-10-11-12-13-14(15)16-4-2;2*1-3-4-2;/h2-13H2,1H3;2*1,3-4H2,2H3;. The fraction of sp³-hybridized carbons (Fsp3) is 0.955. The molecule has 0 atom stereocenters. The van der Waals surface area contributed by atoms with Crippen LogP contribution in [0.25, 0.3) is 0 Å². The van der Waals surface area contributed by atoms with Gasteiger partial charge in [0.15, 0.2) is 0 Å². The summed E-state index contributed by atoms with van der Waals surface area (Å²) in [5.74, 6) is 0.0525. The SMILES string of the molecule is CCCCCCCCCCCC(=O)OC[CH2][Sn]([CH2]CCC)[CH2]CCC. The Hall–Kier alpha value is 0.269. The number of unbranched alkanes of at least 4 members (excludes halogenated alkanes) is 10. The van der Waals surface area contributed by atoms with Crippen molar-refractivity contribution >= 4 is 25.7 Å². The van der Waals surface area contributed by atoms with Gasteiger partial charge in [0, 0.05) is 0 Å². The Balaban J connectivity index is 3.51. The quantitative estimate of drug-likeness (QED) is 0.113. The van der Waals surface area contributed by atoms with E-state index in [-0.39, 0.29) is 5.97 Å². The van der Waals surface area contributed by atoms with E-state index in [4.69, 9.17) is 4.74 Å². The predicted octanol–water partition coefficient (Wildman–Crippen LogP) is 7.55. The molecule has 0 rings (SSSR count). The number of rotatable bonds is 19. The second kappa shape index (κ2) is 20.6. The number of ether oxygens (including phenoxy) is 1. The van der Waals surface area contributed by atoms with E-state index in [1.54, 1.807) is 0 Å². The number of esters is 1. The molecule has 0 aliphatic heterocycles. The van der Waals surface area contributed by atoms with Crippen LogP contribution in [0.5, 0.6) is 0 Å². The van der Waals surface area contributed by atoms with Gasteiger partial charge in [-0.1, -0.05) is 19.8 Å². The molecule has 0 aromatic heterocycles. The van der Waals surface area contributed by atoms with E-state index in [0.717, 1.165) is 13.0 Å². The molecule has 3 heteroatoms. The van der Waals surface area contributed by atoms with Crippen molar-refractivity contribution in [3.63, 3.8) is 0 Å². The molecule has 25 heavy (non-hydrogen) atoms. The minimum absolute atomic E-state index is 0.0525. The zero-order valence-electron chi connectivity index (χ0n) is 17.5. The van der Waals surface area contributed by atoms with Crippen LogP contribution < -0.4 is 0 Å². The van der Waals surface area contributed by atoms with Crippen molar-refractivity contribution in [2.24, 2.45) is 0 Å². The summed E-state index contributed by atoms with van der Waals surface area (Å²) < 4.78 is 9.76. The molecule has 0 heterocycles. The van der Waals surface area contributed by atoms with Gasteiger partial charge in [-0.2, -0.15) is 0 Å². The summed E-state index contributed by atoms with van der Waals surface area (Å²) in [7, 11) is 0. The van der Waals surface area contributed by atoms with Crippen LogP contribution in [0.15, 0.2) is 0 Å². The van der Waals surface area contributed by atoms with Crippen molar-refractivity contribution in [3.8, 4) is 0 Å². The van der Waals surface area contributed by atoms with Crippen LogP contribution in [0, 0.1) is 0 Å². The van der Waals surface area contributed by atoms with Crippen LogP contribution in [-0.4, -0.2) is 32.3 Å². The van der Waals surface area contributed by atoms with Gasteiger partial charge in [0.05, 0.1) is 0 Å². The predicted molar refractivity (Wildman–Crippen MR) is 113 cm³/mol. The molecular formula is C22H45O2Sn. The van der Waals surface area contributed by atoms with Crippen molar-refractivity contribution in [1.82, 2.24) is 0 Å². The van der Waals surface area contributed by atoms with Gasteiger partial charge in [0.2, 0.25) is 0 Å². The Morgan fingerprint density at radius 3 is 1.64 bits per heavy atom. The zero-order valence-corrected chi connectivity index (χ0v) is 20.4. The Kier molecular flexibility index (Phi) is 20.8. The normalized spacial score (nSPS) is 11.2. The van der Waals surface area contributed by atoms with E-state index in [9.17, 15) is 4.79 Å². The summed E-state index contributed by atoms with van der Waals surface area (Å²) >= 11 is -1.25. The Morgan fingerprint density at radius 2 is 1.12 bits per heavy atom. The fourth-order valence-corrected chi connectivity index (χ4v) is 11.3. The van der Waals surface area contributed by atoms with E-state index < -0.39 is 19.8 Å². The maximum absolute atomic E-state index is 11.9. The molecule has 0 unspecified atom stereocenters. The van der Waals surface area contributed by atoms with Crippen molar-refractivity contribution in [2.45, 2.75) is 124 Å². The minimum atomic E-state index is -1.25. The molecule has 0 fully saturated rings. The van der Waals surface area contributed by atoms with Crippen LogP contribution in [0.1, 0.15) is 111 Å². The van der Waals surface area contributed by atoms with Crippen LogP contribution in [0.3, 0.4) is 0 Å². The van der Waals surface area contributed by atoms with Crippen molar-refractivity contribution in [2.75, 3.05) is 6.61 Å². The summed E-state index contributed by atoms with van der Waals surface area (Å²) in [4.78, 5) is 11.9. The first-order chi connectivity index (χ1) is 12.2. The van der Waals surface area contributed by atoms with Gasteiger partial charge in [0.1, 0.15) is 0 Å². The molecule has 0 aliphatic carbocycles. The monoisotopic (exact) mass is 461 g/mol. The summed E-state index contributed by atoms with van der Waals surface area (Å²) in [6.07, 6.45) is 17.7. The maximum atomic E-state index is 11.9. The summed E-state index contributed by atoms with van der Waals surface area (Å²) in [5.41, 5.74) is 0. The van der Waals surface area contributed by atoms with Gasteiger partial charge >= 0.3 is 146 Å². The van der Waals surface area contributed by atoms with Crippen LogP contribution in [0.2, 0.25) is 13.3 Å². The van der Waals surface area contributed by atoms with Crippen LogP contribution >= 0.6 is 0 Å². The molecule has 0 N–H and O–H groups in total. The Morgan fingerprint density at radius 1 is 0.640 bits per heavy atom. The average Bonchev–Trinajstić information content (AvgIpc) is 2.62. The third-order valence-electron chi connectivity index (χ3n) is 4.97. The van der Waals surface area contributed by atoms with Gasteiger partial charge in [-0.3, -0.25) is 0 Å². The van der Waals surface area contributed by atoms with Gasteiger partial charge in [0.25, 0.3) is 0 Å². The third-order valence-corrected chi connectivity index (χ3v) is 13.6. The zero-order chi connectivity index (χ0) is 18.6. The van der Waals surface area contributed by atoms with E-state index >= 15 is 0 Å². The third kappa shape index (κ3) is 18.8. The molecule has 0 amide bonds. The van der Waals surface area contributed by atoms with E-state index in [0.29, 0.717) is 6.42 Å². The van der Waals surface area contributed by atoms with Crippen LogP contribution in [0.4, 0.5) is 0 Å². The van der Waals surface area contributed by atoms with Gasteiger partial charge < -0.3 is 0 Å². The van der Waals surface area contributed by atoms with Crippen molar-refractivity contribution < 1.29 is 9.53 Å². The second-order valence-electron chi connectivity index (χ2n) is 7.51. The molecule has 0 aromatic carbocycles. The first-order valence-corrected chi connectivity index (χ1v) is 17.3. The molecule has 0 aliphatic rings. The molecule has 0 saturated carbocycles. The van der Waals surface area contributed by atoms with Gasteiger partial charge in [-0.15, -0.1) is 0 Å². The van der Waals surface area contributed by atoms with Crippen molar-refractivity contribution in [1.29, 1.82) is 0 Å². The Bertz CT molecular complexity index is 273. The first kappa shape index (κ1) is 25.3. The topological polar surface area (TPSA) is 26.3 Å². The van der Waals surface area contributed by atoms with E-state index in [1.807, 2.05) is 0 Å². The fourth-order valence-electron chi connectivity index (χ4n) is 3.19. The molecule has 1 radical (unpaired) electrons. The number of hydrogen-bond donors (Lipinski definition) is 0. The molecule has 0 spiro atoms. The number of carbonyl (C=O) groups excluding carboxylic acids is 1. The second-order valence-corrected chi connectivity index (χ2v) is 16.1. The van der Waals surface area contributed by atoms with Crippen LogP contribution in [-0.2, 0) is 9.53 Å². The summed E-state index contributed by atoms with van der Waals surface area (Å²) in [6.45, 7) is 7.55. The van der Waals surface area contributed by atoms with E-state index in [1.165, 1.54) is 90.4 Å². The average molecular weight is 460 g/mol. The Labute approximate surface area is 165 Å². The summed E-state index contributed by atoms with van der Waals surface area (Å²) in [6, 6.07) is 0. The number of carbonyl (C=O) groups is 1.